The van der Waals surface area contributed by atoms with Gasteiger partial charge in [-0.3, -0.25) is 14.9 Å². The van der Waals surface area contributed by atoms with Crippen molar-refractivity contribution in [1.29, 1.82) is 0 Å². The molecule has 0 aliphatic carbocycles. The molecule has 0 spiro atoms. The molecule has 0 heterocycles. The van der Waals surface area contributed by atoms with Crippen molar-refractivity contribution < 1.29 is 23.9 Å². The molecule has 0 bridgehead atoms. The normalized spacial score (nSPS) is 12.0. The number of rotatable bonds is 6. The lowest BCUT2D eigenvalue weighted by Gasteiger charge is -2.21. The minimum absolute atomic E-state index is 0.0537. The van der Waals surface area contributed by atoms with E-state index in [0.717, 1.165) is 10.6 Å². The van der Waals surface area contributed by atoms with Crippen LogP contribution in [0.15, 0.2) is 29.2 Å². The number of esters is 1. The molecular formula is C17H24N2O5S. The summed E-state index contributed by atoms with van der Waals surface area (Å²) in [5.41, 5.74) is -0.473. The smallest absolute Gasteiger partial charge is 0.321 e. The van der Waals surface area contributed by atoms with Gasteiger partial charge in [0.25, 0.3) is 5.91 Å². The van der Waals surface area contributed by atoms with Crippen molar-refractivity contribution in [2.24, 2.45) is 0 Å². The van der Waals surface area contributed by atoms with Gasteiger partial charge in [-0.05, 0) is 52.0 Å². The number of ether oxygens (including phenoxy) is 2. The number of carbonyl (C=O) groups excluding carboxylic acids is 3. The average molecular weight is 368 g/mol. The minimum atomic E-state index is -1.06. The number of hydrogen-bond donors (Lipinski definition) is 2. The number of imide groups is 1. The first-order valence-electron chi connectivity index (χ1n) is 7.70. The number of urea groups is 1. The van der Waals surface area contributed by atoms with Gasteiger partial charge in [-0.1, -0.05) is 0 Å². The molecule has 2 N–H and O–H groups in total. The van der Waals surface area contributed by atoms with Crippen molar-refractivity contribution >= 4 is 29.7 Å². The number of methoxy groups -OCH3 is 1. The lowest BCUT2D eigenvalue weighted by atomic mass is 10.1. The van der Waals surface area contributed by atoms with Gasteiger partial charge in [0, 0.05) is 10.4 Å². The van der Waals surface area contributed by atoms with E-state index >= 15 is 0 Å². The van der Waals surface area contributed by atoms with Crippen LogP contribution in [0.4, 0.5) is 4.79 Å². The van der Waals surface area contributed by atoms with Crippen LogP contribution in [0.25, 0.3) is 0 Å². The topological polar surface area (TPSA) is 93.7 Å². The molecule has 25 heavy (non-hydrogen) atoms. The monoisotopic (exact) mass is 368 g/mol. The van der Waals surface area contributed by atoms with Crippen LogP contribution < -0.4 is 15.4 Å². The van der Waals surface area contributed by atoms with Gasteiger partial charge >= 0.3 is 12.0 Å². The predicted octanol–water partition coefficient (Wildman–Crippen LogP) is 2.34. The molecule has 0 aliphatic heterocycles. The summed E-state index contributed by atoms with van der Waals surface area (Å²) in [5, 5.41) is 4.73. The van der Waals surface area contributed by atoms with Gasteiger partial charge in [-0.25, -0.2) is 4.79 Å². The van der Waals surface area contributed by atoms with Gasteiger partial charge in [-0.2, -0.15) is 0 Å². The summed E-state index contributed by atoms with van der Waals surface area (Å²) >= 11 is 1.28. The zero-order valence-electron chi connectivity index (χ0n) is 15.0. The lowest BCUT2D eigenvalue weighted by molar-refractivity contribution is -0.151. The van der Waals surface area contributed by atoms with Gasteiger partial charge in [0.05, 0.1) is 12.9 Å². The zero-order valence-corrected chi connectivity index (χ0v) is 15.9. The maximum absolute atomic E-state index is 11.8. The largest absolute Gasteiger partial charge is 0.497 e. The van der Waals surface area contributed by atoms with Gasteiger partial charge in [-0.15, -0.1) is 11.8 Å². The SMILES string of the molecule is COc1ccc(SCC(=O)O[C@H](C)C(=O)NC(=O)NC(C)(C)C)cc1. The molecule has 0 fully saturated rings. The third-order valence-corrected chi connectivity index (χ3v) is 3.80. The van der Waals surface area contributed by atoms with Crippen molar-refractivity contribution in [3.05, 3.63) is 24.3 Å². The number of nitrogens with one attached hydrogen (secondary N) is 2. The lowest BCUT2D eigenvalue weighted by Crippen LogP contribution is -2.50. The molecule has 0 saturated heterocycles. The Bertz CT molecular complexity index is 610. The van der Waals surface area contributed by atoms with Crippen molar-refractivity contribution in [3.63, 3.8) is 0 Å². The van der Waals surface area contributed by atoms with Crippen LogP contribution in [0.2, 0.25) is 0 Å². The second-order valence-corrected chi connectivity index (χ2v) is 7.34. The average Bonchev–Trinajstić information content (AvgIpc) is 2.51. The van der Waals surface area contributed by atoms with Gasteiger partial charge < -0.3 is 14.8 Å². The van der Waals surface area contributed by atoms with Crippen molar-refractivity contribution in [1.82, 2.24) is 10.6 Å². The molecule has 1 rings (SSSR count). The Morgan fingerprint density at radius 2 is 1.76 bits per heavy atom. The van der Waals surface area contributed by atoms with Crippen molar-refractivity contribution in [3.8, 4) is 5.75 Å². The van der Waals surface area contributed by atoms with E-state index in [2.05, 4.69) is 10.6 Å². The Hall–Kier alpha value is -2.22. The Balaban J connectivity index is 2.39. The fraction of sp³-hybridized carbons (Fsp3) is 0.471. The molecule has 138 valence electrons. The standard InChI is InChI=1S/C17H24N2O5S/c1-11(15(21)18-16(22)19-17(2,3)4)24-14(20)10-25-13-8-6-12(23-5)7-9-13/h6-9,11H,10H2,1-5H3,(H2,18,19,21,22)/t11-/m1/s1. The van der Waals surface area contributed by atoms with E-state index in [0.29, 0.717) is 0 Å². The molecule has 8 heteroatoms. The summed E-state index contributed by atoms with van der Waals surface area (Å²) in [6.45, 7) is 6.78. The fourth-order valence-electron chi connectivity index (χ4n) is 1.68. The molecule has 0 aromatic heterocycles. The van der Waals surface area contributed by atoms with E-state index in [1.807, 2.05) is 12.1 Å². The van der Waals surface area contributed by atoms with E-state index in [9.17, 15) is 14.4 Å². The van der Waals surface area contributed by atoms with E-state index in [1.54, 1.807) is 40.0 Å². The van der Waals surface area contributed by atoms with Crippen molar-refractivity contribution in [2.45, 2.75) is 44.2 Å². The first-order valence-corrected chi connectivity index (χ1v) is 8.68. The number of carbonyl (C=O) groups is 3. The summed E-state index contributed by atoms with van der Waals surface area (Å²) in [6, 6.07) is 6.59. The van der Waals surface area contributed by atoms with Gasteiger partial charge in [0.15, 0.2) is 6.10 Å². The molecular weight excluding hydrogens is 344 g/mol. The quantitative estimate of drug-likeness (QED) is 0.591. The maximum atomic E-state index is 11.8. The Labute approximate surface area is 151 Å². The highest BCUT2D eigenvalue weighted by molar-refractivity contribution is 8.00. The van der Waals surface area contributed by atoms with Crippen LogP contribution in [0.3, 0.4) is 0 Å². The van der Waals surface area contributed by atoms with Crippen LogP contribution in [-0.4, -0.2) is 42.4 Å². The van der Waals surface area contributed by atoms with Crippen molar-refractivity contribution in [2.75, 3.05) is 12.9 Å². The van der Waals surface area contributed by atoms with E-state index in [4.69, 9.17) is 9.47 Å². The second kappa shape index (κ2) is 9.31. The first kappa shape index (κ1) is 20.8. The Morgan fingerprint density at radius 3 is 2.28 bits per heavy atom. The van der Waals surface area contributed by atoms with Gasteiger partial charge in [0.1, 0.15) is 5.75 Å². The molecule has 7 nitrogen and oxygen atoms in total. The maximum Gasteiger partial charge on any atom is 0.321 e. The number of amides is 3. The molecule has 1 aromatic carbocycles. The summed E-state index contributed by atoms with van der Waals surface area (Å²) in [5.74, 6) is -0.437. The van der Waals surface area contributed by atoms with Crippen LogP contribution in [0, 0.1) is 0 Å². The molecule has 1 aromatic rings. The highest BCUT2D eigenvalue weighted by Gasteiger charge is 2.22. The zero-order chi connectivity index (χ0) is 19.0. The third-order valence-electron chi connectivity index (χ3n) is 2.82. The highest BCUT2D eigenvalue weighted by Crippen LogP contribution is 2.21. The van der Waals surface area contributed by atoms with Crippen LogP contribution >= 0.6 is 11.8 Å². The molecule has 3 amide bonds. The molecule has 0 aliphatic rings. The fourth-order valence-corrected chi connectivity index (χ4v) is 2.37. The third kappa shape index (κ3) is 8.44. The van der Waals surface area contributed by atoms with Crippen LogP contribution in [-0.2, 0) is 14.3 Å². The summed E-state index contributed by atoms with van der Waals surface area (Å²) < 4.78 is 10.1. The highest BCUT2D eigenvalue weighted by atomic mass is 32.2. The summed E-state index contributed by atoms with van der Waals surface area (Å²) in [7, 11) is 1.58. The summed E-state index contributed by atoms with van der Waals surface area (Å²) in [4.78, 5) is 36.2. The van der Waals surface area contributed by atoms with E-state index in [1.165, 1.54) is 18.7 Å². The first-order chi connectivity index (χ1) is 11.6. The Morgan fingerprint density at radius 1 is 1.16 bits per heavy atom. The van der Waals surface area contributed by atoms with Crippen LogP contribution in [0.1, 0.15) is 27.7 Å². The molecule has 0 radical (unpaired) electrons. The van der Waals surface area contributed by atoms with E-state index in [-0.39, 0.29) is 5.75 Å². The summed E-state index contributed by atoms with van der Waals surface area (Å²) in [6.07, 6.45) is -1.06. The minimum Gasteiger partial charge on any atom is -0.497 e. The number of benzene rings is 1. The van der Waals surface area contributed by atoms with Crippen LogP contribution in [0.5, 0.6) is 5.75 Å². The van der Waals surface area contributed by atoms with Gasteiger partial charge in [0.2, 0.25) is 0 Å². The molecule has 0 saturated carbocycles. The predicted molar refractivity (Wildman–Crippen MR) is 95.7 cm³/mol. The number of hydrogen-bond acceptors (Lipinski definition) is 6. The van der Waals surface area contributed by atoms with E-state index < -0.39 is 29.6 Å². The molecule has 1 atom stereocenters. The molecule has 0 unspecified atom stereocenters. The number of thioether (sulfide) groups is 1. The Kier molecular flexibility index (Phi) is 7.76. The second-order valence-electron chi connectivity index (χ2n) is 6.29.